The van der Waals surface area contributed by atoms with E-state index in [1.807, 2.05) is 0 Å². The van der Waals surface area contributed by atoms with E-state index in [4.69, 9.17) is 16.3 Å². The zero-order valence-electron chi connectivity index (χ0n) is 14.9. The van der Waals surface area contributed by atoms with Gasteiger partial charge in [0, 0.05) is 5.02 Å². The van der Waals surface area contributed by atoms with Crippen LogP contribution < -0.4 is 14.5 Å². The second-order valence-corrected chi connectivity index (χ2v) is 8.79. The van der Waals surface area contributed by atoms with E-state index in [2.05, 4.69) is 26.5 Å². The Morgan fingerprint density at radius 3 is 2.71 bits per heavy atom. The number of nitrogens with one attached hydrogen (secondary N) is 1. The zero-order chi connectivity index (χ0) is 20.9. The first-order chi connectivity index (χ1) is 13.1. The maximum absolute atomic E-state index is 12.2. The van der Waals surface area contributed by atoms with Crippen LogP contribution in [0.5, 0.6) is 11.5 Å². The number of hydrazone groups is 1. The minimum atomic E-state index is -3.71. The van der Waals surface area contributed by atoms with E-state index < -0.39 is 22.5 Å². The van der Waals surface area contributed by atoms with Crippen LogP contribution in [0.3, 0.4) is 0 Å². The van der Waals surface area contributed by atoms with Gasteiger partial charge in [-0.15, -0.1) is 0 Å². The number of halogens is 2. The number of ether oxygens (including phenoxy) is 1. The summed E-state index contributed by atoms with van der Waals surface area (Å²) in [5.41, 5.74) is 3.07. The molecule has 0 aromatic heterocycles. The molecule has 2 N–H and O–H groups in total. The highest BCUT2D eigenvalue weighted by Crippen LogP contribution is 2.34. The summed E-state index contributed by atoms with van der Waals surface area (Å²) < 4.78 is 30.4. The summed E-state index contributed by atoms with van der Waals surface area (Å²) in [5, 5.41) is 13.9. The van der Waals surface area contributed by atoms with Crippen molar-refractivity contribution in [2.45, 2.75) is 0 Å². The fourth-order valence-electron chi connectivity index (χ4n) is 2.20. The van der Waals surface area contributed by atoms with Gasteiger partial charge in [-0.2, -0.15) is 5.10 Å². The highest BCUT2D eigenvalue weighted by Gasteiger charge is 2.20. The Morgan fingerprint density at radius 2 is 2.11 bits per heavy atom. The lowest BCUT2D eigenvalue weighted by Gasteiger charge is -2.21. The van der Waals surface area contributed by atoms with Crippen LogP contribution in [0.1, 0.15) is 5.56 Å². The molecule has 28 heavy (non-hydrogen) atoms. The molecule has 0 aliphatic carbocycles. The molecule has 0 atom stereocenters. The number of carbonyl (C=O) groups is 1. The van der Waals surface area contributed by atoms with E-state index in [0.717, 1.165) is 10.6 Å². The van der Waals surface area contributed by atoms with Crippen LogP contribution in [0.15, 0.2) is 46.0 Å². The Kier molecular flexibility index (Phi) is 7.28. The molecule has 0 unspecified atom stereocenters. The molecule has 0 bridgehead atoms. The van der Waals surface area contributed by atoms with Gasteiger partial charge in [-0.3, -0.25) is 9.10 Å². The average molecular weight is 491 g/mol. The smallest absolute Gasteiger partial charge is 0.260 e. The monoisotopic (exact) mass is 489 g/mol. The molecule has 2 aromatic carbocycles. The summed E-state index contributed by atoms with van der Waals surface area (Å²) in [4.78, 5) is 12.2. The van der Waals surface area contributed by atoms with E-state index in [1.54, 1.807) is 18.2 Å². The molecule has 0 heterocycles. The number of phenols is 1. The first kappa shape index (κ1) is 22.0. The van der Waals surface area contributed by atoms with Crippen LogP contribution >= 0.6 is 27.5 Å². The van der Waals surface area contributed by atoms with Crippen molar-refractivity contribution in [3.8, 4) is 11.5 Å². The van der Waals surface area contributed by atoms with Crippen molar-refractivity contribution in [3.05, 3.63) is 51.5 Å². The van der Waals surface area contributed by atoms with Gasteiger partial charge >= 0.3 is 0 Å². The van der Waals surface area contributed by atoms with Crippen molar-refractivity contribution in [2.24, 2.45) is 5.10 Å². The molecule has 11 heteroatoms. The number of phenolic OH excluding ortho intramolecular Hbond substituents is 1. The quantitative estimate of drug-likeness (QED) is 0.458. The molecular formula is C17H17BrClN3O5S. The molecule has 8 nitrogen and oxygen atoms in total. The third kappa shape index (κ3) is 5.85. The maximum atomic E-state index is 12.2. The van der Waals surface area contributed by atoms with Crippen LogP contribution in [0.25, 0.3) is 0 Å². The molecule has 0 aliphatic rings. The summed E-state index contributed by atoms with van der Waals surface area (Å²) in [6.07, 6.45) is 2.32. The van der Waals surface area contributed by atoms with Crippen LogP contribution in [0.2, 0.25) is 5.02 Å². The van der Waals surface area contributed by atoms with Crippen LogP contribution in [0, 0.1) is 0 Å². The topological polar surface area (TPSA) is 108 Å². The predicted octanol–water partition coefficient (Wildman–Crippen LogP) is 2.73. The van der Waals surface area contributed by atoms with Crippen molar-refractivity contribution in [2.75, 3.05) is 24.2 Å². The van der Waals surface area contributed by atoms with Crippen LogP contribution in [0.4, 0.5) is 5.69 Å². The fourth-order valence-corrected chi connectivity index (χ4v) is 3.69. The fraction of sp³-hybridized carbons (Fsp3) is 0.176. The summed E-state index contributed by atoms with van der Waals surface area (Å²) >= 11 is 9.08. The summed E-state index contributed by atoms with van der Waals surface area (Å²) in [6, 6.07) is 9.25. The summed E-state index contributed by atoms with van der Waals surface area (Å²) in [6.45, 7) is -0.473. The highest BCUT2D eigenvalue weighted by molar-refractivity contribution is 9.10. The Balaban J connectivity index is 2.12. The number of hydrogen-bond acceptors (Lipinski definition) is 6. The minimum Gasteiger partial charge on any atom is -0.503 e. The molecule has 2 rings (SSSR count). The van der Waals surface area contributed by atoms with Crippen molar-refractivity contribution < 1.29 is 23.1 Å². The standard InChI is InChI=1S/C17H17BrClN3O5S/c1-27-15-7-11(6-14(18)17(15)24)9-20-21-16(23)10-22(28(2,25)26)13-5-3-4-12(19)8-13/h3-9,24H,10H2,1-2H3,(H,21,23). The van der Waals surface area contributed by atoms with Gasteiger partial charge in [0.15, 0.2) is 11.5 Å². The Hall–Kier alpha value is -2.30. The number of nitrogens with zero attached hydrogens (tertiary/aromatic N) is 2. The minimum absolute atomic E-state index is 0.0611. The van der Waals surface area contributed by atoms with Gasteiger partial charge in [0.05, 0.1) is 29.7 Å². The predicted molar refractivity (Wildman–Crippen MR) is 112 cm³/mol. The Bertz CT molecular complexity index is 1010. The molecule has 0 spiro atoms. The van der Waals surface area contributed by atoms with E-state index in [9.17, 15) is 18.3 Å². The number of hydrogen-bond donors (Lipinski definition) is 2. The first-order valence-corrected chi connectivity index (χ1v) is 10.8. The molecule has 0 saturated heterocycles. The first-order valence-electron chi connectivity index (χ1n) is 7.73. The molecule has 0 fully saturated rings. The highest BCUT2D eigenvalue weighted by atomic mass is 79.9. The van der Waals surface area contributed by atoms with Gasteiger partial charge < -0.3 is 9.84 Å². The van der Waals surface area contributed by atoms with Crippen molar-refractivity contribution in [1.29, 1.82) is 0 Å². The van der Waals surface area contributed by atoms with E-state index in [0.29, 0.717) is 15.1 Å². The third-order valence-electron chi connectivity index (χ3n) is 3.46. The summed E-state index contributed by atoms with van der Waals surface area (Å²) in [7, 11) is -2.31. The largest absolute Gasteiger partial charge is 0.503 e. The van der Waals surface area contributed by atoms with Crippen LogP contribution in [-0.4, -0.2) is 45.6 Å². The molecule has 2 aromatic rings. The second-order valence-electron chi connectivity index (χ2n) is 5.60. The van der Waals surface area contributed by atoms with E-state index in [-0.39, 0.29) is 17.2 Å². The average Bonchev–Trinajstić information content (AvgIpc) is 2.61. The lowest BCUT2D eigenvalue weighted by Crippen LogP contribution is -2.39. The van der Waals surface area contributed by atoms with E-state index >= 15 is 0 Å². The molecule has 1 amide bonds. The lowest BCUT2D eigenvalue weighted by molar-refractivity contribution is -0.119. The lowest BCUT2D eigenvalue weighted by atomic mass is 10.2. The van der Waals surface area contributed by atoms with Gasteiger partial charge in [0.25, 0.3) is 5.91 Å². The zero-order valence-corrected chi connectivity index (χ0v) is 18.0. The Labute approximate surface area is 175 Å². The van der Waals surface area contributed by atoms with Gasteiger partial charge in [0.1, 0.15) is 6.54 Å². The van der Waals surface area contributed by atoms with Gasteiger partial charge in [-0.05, 0) is 51.8 Å². The number of sulfonamides is 1. The van der Waals surface area contributed by atoms with E-state index in [1.165, 1.54) is 31.5 Å². The Morgan fingerprint density at radius 1 is 1.39 bits per heavy atom. The SMILES string of the molecule is COc1cc(C=NNC(=O)CN(c2cccc(Cl)c2)S(C)(=O)=O)cc(Br)c1O. The number of aromatic hydroxyl groups is 1. The number of benzene rings is 2. The summed E-state index contributed by atoms with van der Waals surface area (Å²) in [5.74, 6) is -0.480. The molecule has 0 aliphatic heterocycles. The van der Waals surface area contributed by atoms with Gasteiger partial charge in [0.2, 0.25) is 10.0 Å². The number of methoxy groups -OCH3 is 1. The van der Waals surface area contributed by atoms with Crippen molar-refractivity contribution in [3.63, 3.8) is 0 Å². The third-order valence-corrected chi connectivity index (χ3v) is 5.44. The second kappa shape index (κ2) is 9.26. The molecule has 0 saturated carbocycles. The number of carbonyl (C=O) groups excluding carboxylic acids is 1. The molecule has 150 valence electrons. The molecular weight excluding hydrogens is 474 g/mol. The van der Waals surface area contributed by atoms with Gasteiger partial charge in [-0.25, -0.2) is 13.8 Å². The van der Waals surface area contributed by atoms with Crippen molar-refractivity contribution >= 4 is 55.4 Å². The normalized spacial score (nSPS) is 11.4. The molecule has 0 radical (unpaired) electrons. The number of rotatable bonds is 7. The van der Waals surface area contributed by atoms with Gasteiger partial charge in [-0.1, -0.05) is 17.7 Å². The van der Waals surface area contributed by atoms with Crippen molar-refractivity contribution in [1.82, 2.24) is 5.43 Å². The number of amides is 1. The maximum Gasteiger partial charge on any atom is 0.260 e. The number of anilines is 1. The van der Waals surface area contributed by atoms with Crippen LogP contribution in [-0.2, 0) is 14.8 Å².